The quantitative estimate of drug-likeness (QED) is 0.595. The van der Waals surface area contributed by atoms with Crippen LogP contribution in [0.4, 0.5) is 4.39 Å². The maximum Gasteiger partial charge on any atom is 0.124 e. The summed E-state index contributed by atoms with van der Waals surface area (Å²) >= 11 is 0. The van der Waals surface area contributed by atoms with Crippen LogP contribution in [0.2, 0.25) is 0 Å². The van der Waals surface area contributed by atoms with Crippen molar-refractivity contribution >= 4 is 0 Å². The molecule has 1 nitrogen and oxygen atoms in total. The molecule has 1 aromatic rings. The van der Waals surface area contributed by atoms with Crippen LogP contribution in [-0.4, -0.2) is 0 Å². The smallest absolute Gasteiger partial charge is 0.124 e. The minimum atomic E-state index is -0.280. The minimum absolute atomic E-state index is 0.280. The largest absolute Gasteiger partial charge is 0.326 e. The summed E-state index contributed by atoms with van der Waals surface area (Å²) in [5.41, 5.74) is 6.01. The van der Waals surface area contributed by atoms with Crippen molar-refractivity contribution in [3.8, 4) is 0 Å². The molecule has 1 rings (SSSR count). The fraction of sp³-hybridized carbons (Fsp3) is 0.143. The summed E-state index contributed by atoms with van der Waals surface area (Å²) in [6.07, 6.45) is 0. The van der Waals surface area contributed by atoms with Crippen LogP contribution < -0.4 is 5.73 Å². The van der Waals surface area contributed by atoms with E-state index in [0.717, 1.165) is 5.56 Å². The van der Waals surface area contributed by atoms with Crippen molar-refractivity contribution in [3.05, 3.63) is 35.6 Å². The molecule has 0 aromatic heterocycles. The highest BCUT2D eigenvalue weighted by Crippen LogP contribution is 2.00. The topological polar surface area (TPSA) is 26.0 Å². The van der Waals surface area contributed by atoms with Gasteiger partial charge in [0.1, 0.15) is 5.82 Å². The first-order chi connectivity index (χ1) is 4.33. The van der Waals surface area contributed by atoms with E-state index in [1.54, 1.807) is 6.07 Å². The van der Waals surface area contributed by atoms with Crippen molar-refractivity contribution in [2.24, 2.45) is 5.73 Å². The highest BCUT2D eigenvalue weighted by Gasteiger charge is 1.89. The van der Waals surface area contributed by atoms with Gasteiger partial charge in [-0.15, -0.1) is 0 Å². The molecule has 0 saturated heterocycles. The Labute approximate surface area is 53.3 Å². The molecule has 0 atom stereocenters. The van der Waals surface area contributed by atoms with Gasteiger partial charge in [-0.3, -0.25) is 0 Å². The number of halogens is 1. The lowest BCUT2D eigenvalue weighted by Crippen LogP contribution is -1.95. The molecule has 0 spiro atoms. The van der Waals surface area contributed by atoms with Crippen molar-refractivity contribution in [3.63, 3.8) is 0 Å². The normalized spacial score (nSPS) is 9.56. The fourth-order valence-electron chi connectivity index (χ4n) is 0.607. The fourth-order valence-corrected chi connectivity index (χ4v) is 0.607. The van der Waals surface area contributed by atoms with Gasteiger partial charge in [-0.25, -0.2) is 4.39 Å². The summed E-state index contributed by atoms with van der Waals surface area (Å²) in [4.78, 5) is 0. The molecule has 9 heavy (non-hydrogen) atoms. The van der Waals surface area contributed by atoms with Crippen LogP contribution in [0.3, 0.4) is 0 Å². The molecule has 1 aromatic carbocycles. The molecule has 0 aliphatic rings. The molecule has 2 heteroatoms. The van der Waals surface area contributed by atoms with Gasteiger partial charge >= 0.3 is 0 Å². The van der Waals surface area contributed by atoms with Gasteiger partial charge in [-0.1, -0.05) is 0 Å². The van der Waals surface area contributed by atoms with E-state index in [4.69, 9.17) is 5.73 Å². The second-order valence-electron chi connectivity index (χ2n) is 1.76. The zero-order valence-corrected chi connectivity index (χ0v) is 4.89. The van der Waals surface area contributed by atoms with Gasteiger partial charge in [0.05, 0.1) is 0 Å². The van der Waals surface area contributed by atoms with Gasteiger partial charge in [-0.2, -0.15) is 0 Å². The Bertz CT molecular complexity index is 198. The Hall–Kier alpha value is -0.890. The minimum Gasteiger partial charge on any atom is -0.326 e. The Balaban J connectivity index is 2.94. The van der Waals surface area contributed by atoms with Crippen LogP contribution in [-0.2, 0) is 6.54 Å². The van der Waals surface area contributed by atoms with Crippen LogP contribution in [0.5, 0.6) is 0 Å². The van der Waals surface area contributed by atoms with E-state index in [-0.39, 0.29) is 5.82 Å². The lowest BCUT2D eigenvalue weighted by molar-refractivity contribution is 0.625. The molecule has 1 radical (unpaired) electrons. The lowest BCUT2D eigenvalue weighted by Gasteiger charge is -1.92. The SMILES string of the molecule is NCc1c[c]cc(F)c1. The zero-order valence-electron chi connectivity index (χ0n) is 4.89. The predicted molar refractivity (Wildman–Crippen MR) is 33.1 cm³/mol. The number of hydrogen-bond acceptors (Lipinski definition) is 1. The van der Waals surface area contributed by atoms with E-state index in [9.17, 15) is 4.39 Å². The second-order valence-corrected chi connectivity index (χ2v) is 1.76. The van der Waals surface area contributed by atoms with Crippen molar-refractivity contribution in [2.45, 2.75) is 6.54 Å². The van der Waals surface area contributed by atoms with Crippen LogP contribution in [0.1, 0.15) is 5.56 Å². The van der Waals surface area contributed by atoms with Gasteiger partial charge < -0.3 is 5.73 Å². The predicted octanol–water partition coefficient (Wildman–Crippen LogP) is 1.08. The van der Waals surface area contributed by atoms with Crippen LogP contribution in [0.25, 0.3) is 0 Å². The molecule has 0 saturated carbocycles. The van der Waals surface area contributed by atoms with Gasteiger partial charge in [0, 0.05) is 6.54 Å². The van der Waals surface area contributed by atoms with Crippen LogP contribution >= 0.6 is 0 Å². The summed E-state index contributed by atoms with van der Waals surface area (Å²) in [6.45, 7) is 0.369. The maximum absolute atomic E-state index is 12.3. The molecule has 0 fully saturated rings. The van der Waals surface area contributed by atoms with Gasteiger partial charge in [0.2, 0.25) is 0 Å². The maximum atomic E-state index is 12.3. The van der Waals surface area contributed by atoms with Crippen LogP contribution in [0, 0.1) is 11.9 Å². The first-order valence-corrected chi connectivity index (χ1v) is 2.68. The summed E-state index contributed by atoms with van der Waals surface area (Å²) in [5, 5.41) is 0. The van der Waals surface area contributed by atoms with Crippen molar-refractivity contribution in [1.82, 2.24) is 0 Å². The Morgan fingerprint density at radius 1 is 1.56 bits per heavy atom. The van der Waals surface area contributed by atoms with Crippen molar-refractivity contribution in [2.75, 3.05) is 0 Å². The summed E-state index contributed by atoms with van der Waals surface area (Å²) in [6, 6.07) is 6.97. The molecule has 0 aliphatic carbocycles. The number of hydrogen-bond donors (Lipinski definition) is 1. The van der Waals surface area contributed by atoms with E-state index in [2.05, 4.69) is 6.07 Å². The van der Waals surface area contributed by atoms with Crippen LogP contribution in [0.15, 0.2) is 18.2 Å². The van der Waals surface area contributed by atoms with Gasteiger partial charge in [-0.05, 0) is 29.8 Å². The molecule has 0 aliphatic heterocycles. The first-order valence-electron chi connectivity index (χ1n) is 2.68. The highest BCUT2D eigenvalue weighted by molar-refractivity contribution is 5.14. The first kappa shape index (κ1) is 6.23. The van der Waals surface area contributed by atoms with Crippen molar-refractivity contribution < 1.29 is 4.39 Å². The summed E-state index contributed by atoms with van der Waals surface area (Å²) in [5.74, 6) is -0.280. The molecular weight excluding hydrogens is 117 g/mol. The third-order valence-electron chi connectivity index (χ3n) is 1.05. The molecule has 0 amide bonds. The molecule has 0 heterocycles. The van der Waals surface area contributed by atoms with E-state index in [1.807, 2.05) is 0 Å². The third kappa shape index (κ3) is 1.50. The Morgan fingerprint density at radius 2 is 2.33 bits per heavy atom. The lowest BCUT2D eigenvalue weighted by atomic mass is 10.2. The number of benzene rings is 1. The molecule has 2 N–H and O–H groups in total. The average molecular weight is 124 g/mol. The highest BCUT2D eigenvalue weighted by atomic mass is 19.1. The number of nitrogens with two attached hydrogens (primary N) is 1. The molecule has 0 bridgehead atoms. The standard InChI is InChI=1S/C7H7FN/c8-7-3-1-2-6(4-7)5-9/h2-4H,5,9H2. The zero-order chi connectivity index (χ0) is 6.69. The van der Waals surface area contributed by atoms with E-state index in [0.29, 0.717) is 6.54 Å². The molecule has 0 unspecified atom stereocenters. The number of rotatable bonds is 1. The Morgan fingerprint density at radius 3 is 2.78 bits per heavy atom. The summed E-state index contributed by atoms with van der Waals surface area (Å²) in [7, 11) is 0. The molecular formula is C7H7FN. The average Bonchev–Trinajstić information content (AvgIpc) is 1.88. The second kappa shape index (κ2) is 2.60. The third-order valence-corrected chi connectivity index (χ3v) is 1.05. The van der Waals surface area contributed by atoms with Gasteiger partial charge in [0.15, 0.2) is 0 Å². The van der Waals surface area contributed by atoms with E-state index in [1.165, 1.54) is 12.1 Å². The Kier molecular flexibility index (Phi) is 1.80. The molecule has 47 valence electrons. The summed E-state index contributed by atoms with van der Waals surface area (Å²) < 4.78 is 12.3. The van der Waals surface area contributed by atoms with E-state index < -0.39 is 0 Å². The van der Waals surface area contributed by atoms with Crippen molar-refractivity contribution in [1.29, 1.82) is 0 Å². The van der Waals surface area contributed by atoms with Gasteiger partial charge in [0.25, 0.3) is 0 Å². The van der Waals surface area contributed by atoms with E-state index >= 15 is 0 Å². The monoisotopic (exact) mass is 124 g/mol.